The quantitative estimate of drug-likeness (QED) is 0.305. The third kappa shape index (κ3) is 4.68. The number of nitro groups is 1. The lowest BCUT2D eigenvalue weighted by Gasteiger charge is -2.50. The fourth-order valence-corrected chi connectivity index (χ4v) is 6.08. The molecule has 30 heavy (non-hydrogen) atoms. The Morgan fingerprint density at radius 2 is 1.47 bits per heavy atom. The Kier molecular flexibility index (Phi) is 6.11. The summed E-state index contributed by atoms with van der Waals surface area (Å²) in [6.07, 6.45) is 8.52. The van der Waals surface area contributed by atoms with Gasteiger partial charge in [0.2, 0.25) is 0 Å². The predicted molar refractivity (Wildman–Crippen MR) is 114 cm³/mol. The lowest BCUT2D eigenvalue weighted by atomic mass is 9.64. The molecule has 2 aliphatic rings. The Balaban J connectivity index is 1.59. The van der Waals surface area contributed by atoms with Gasteiger partial charge in [0.05, 0.1) is 4.92 Å². The number of rotatable bonds is 8. The van der Waals surface area contributed by atoms with Gasteiger partial charge in [-0.15, -0.1) is 0 Å². The Morgan fingerprint density at radius 3 is 2.00 bits per heavy atom. The second kappa shape index (κ2) is 8.78. The van der Waals surface area contributed by atoms with Gasteiger partial charge in [0, 0.05) is 17.7 Å². The van der Waals surface area contributed by atoms with Crippen LogP contribution in [-0.2, 0) is 4.57 Å². The molecule has 2 aromatic carbocycles. The van der Waals surface area contributed by atoms with Crippen LogP contribution in [-0.4, -0.2) is 10.5 Å². The zero-order chi connectivity index (χ0) is 21.0. The Hall–Kier alpha value is -2.37. The van der Waals surface area contributed by atoms with E-state index in [0.29, 0.717) is 5.75 Å². The zero-order valence-electron chi connectivity index (χ0n) is 16.8. The Labute approximate surface area is 176 Å². The molecule has 0 spiro atoms. The standard InChI is InChI=1S/C22H26N2O5P/c25-24(26)19-12-14-21(15-13-19)29-30(27,28-20-10-5-2-6-11-20)23-22(16-7-17-22)18-8-3-1-4-9-18/h2,5-6,10-15H,1,3-4,7-9,16-17H2,(H,23,27). The first-order chi connectivity index (χ1) is 14.5. The molecule has 0 aromatic heterocycles. The second-order valence-electron chi connectivity index (χ2n) is 7.96. The van der Waals surface area contributed by atoms with Gasteiger partial charge in [0.15, 0.2) is 0 Å². The summed E-state index contributed by atoms with van der Waals surface area (Å²) in [5.74, 6) is 2.11. The molecule has 0 saturated heterocycles. The normalized spacial score (nSPS) is 20.5. The molecule has 1 radical (unpaired) electrons. The van der Waals surface area contributed by atoms with Gasteiger partial charge in [0.25, 0.3) is 5.69 Å². The fourth-order valence-electron chi connectivity index (χ4n) is 4.25. The highest BCUT2D eigenvalue weighted by Crippen LogP contribution is 2.55. The summed E-state index contributed by atoms with van der Waals surface area (Å²) in [6.45, 7) is 0. The van der Waals surface area contributed by atoms with Crippen LogP contribution in [0.15, 0.2) is 54.6 Å². The minimum Gasteiger partial charge on any atom is -0.405 e. The Morgan fingerprint density at radius 1 is 0.867 bits per heavy atom. The molecule has 2 aromatic rings. The molecule has 1 N–H and O–H groups in total. The predicted octanol–water partition coefficient (Wildman–Crippen LogP) is 6.21. The molecule has 0 bridgehead atoms. The summed E-state index contributed by atoms with van der Waals surface area (Å²) in [4.78, 5) is 10.4. The van der Waals surface area contributed by atoms with E-state index in [1.165, 1.54) is 36.6 Å². The Bertz CT molecular complexity index is 909. The number of hydrogen-bond donors (Lipinski definition) is 1. The van der Waals surface area contributed by atoms with Gasteiger partial charge in [0.1, 0.15) is 11.5 Å². The first-order valence-corrected chi connectivity index (χ1v) is 12.0. The van der Waals surface area contributed by atoms with Crippen LogP contribution in [0, 0.1) is 16.0 Å². The highest BCUT2D eigenvalue weighted by atomic mass is 31.2. The maximum Gasteiger partial charge on any atom is 0.513 e. The molecule has 1 atom stereocenters. The van der Waals surface area contributed by atoms with Gasteiger partial charge in [-0.25, -0.2) is 4.57 Å². The van der Waals surface area contributed by atoms with E-state index in [0.717, 1.165) is 44.9 Å². The molecule has 4 rings (SSSR count). The van der Waals surface area contributed by atoms with E-state index in [9.17, 15) is 14.7 Å². The van der Waals surface area contributed by atoms with E-state index >= 15 is 0 Å². The summed E-state index contributed by atoms with van der Waals surface area (Å²) >= 11 is 0. The van der Waals surface area contributed by atoms with E-state index in [4.69, 9.17) is 9.05 Å². The molecule has 0 amide bonds. The minimum absolute atomic E-state index is 0.0534. The van der Waals surface area contributed by atoms with Crippen molar-refractivity contribution >= 4 is 13.4 Å². The first-order valence-electron chi connectivity index (χ1n) is 10.4. The van der Waals surface area contributed by atoms with Crippen molar-refractivity contribution in [3.05, 3.63) is 70.6 Å². The monoisotopic (exact) mass is 429 g/mol. The topological polar surface area (TPSA) is 90.7 Å². The maximum atomic E-state index is 13.9. The van der Waals surface area contributed by atoms with Crippen LogP contribution in [0.25, 0.3) is 0 Å². The molecule has 2 saturated carbocycles. The van der Waals surface area contributed by atoms with Gasteiger partial charge >= 0.3 is 7.75 Å². The third-order valence-corrected chi connectivity index (χ3v) is 7.54. The van der Waals surface area contributed by atoms with Crippen LogP contribution in [0.2, 0.25) is 0 Å². The highest BCUT2D eigenvalue weighted by Gasteiger charge is 2.50. The average Bonchev–Trinajstić information content (AvgIpc) is 2.72. The van der Waals surface area contributed by atoms with Gasteiger partial charge < -0.3 is 9.05 Å². The molecule has 1 unspecified atom stereocenters. The SMILES string of the molecule is O=[N+]([O-])c1ccc(OP(=O)(NC2([C]3CCCCC3)CCC2)Oc2ccccc2)cc1. The van der Waals surface area contributed by atoms with Crippen LogP contribution in [0.4, 0.5) is 5.69 Å². The largest absolute Gasteiger partial charge is 0.513 e. The molecule has 2 aliphatic carbocycles. The molecule has 0 aliphatic heterocycles. The van der Waals surface area contributed by atoms with Crippen molar-refractivity contribution in [2.75, 3.05) is 0 Å². The van der Waals surface area contributed by atoms with Crippen LogP contribution in [0.3, 0.4) is 0 Å². The highest BCUT2D eigenvalue weighted by molar-refractivity contribution is 7.52. The molecular weight excluding hydrogens is 403 g/mol. The lowest BCUT2D eigenvalue weighted by molar-refractivity contribution is -0.384. The second-order valence-corrected chi connectivity index (χ2v) is 9.54. The van der Waals surface area contributed by atoms with Gasteiger partial charge in [-0.05, 0) is 62.3 Å². The van der Waals surface area contributed by atoms with Gasteiger partial charge in [-0.2, -0.15) is 5.09 Å². The van der Waals surface area contributed by atoms with Crippen molar-refractivity contribution in [1.82, 2.24) is 5.09 Å². The van der Waals surface area contributed by atoms with E-state index in [1.54, 1.807) is 24.3 Å². The van der Waals surface area contributed by atoms with Crippen LogP contribution in [0.1, 0.15) is 51.4 Å². The molecule has 8 heteroatoms. The van der Waals surface area contributed by atoms with Crippen LogP contribution < -0.4 is 14.1 Å². The number of benzene rings is 2. The van der Waals surface area contributed by atoms with Crippen molar-refractivity contribution < 1.29 is 18.5 Å². The smallest absolute Gasteiger partial charge is 0.405 e. The minimum atomic E-state index is -3.80. The summed E-state index contributed by atoms with van der Waals surface area (Å²) in [5, 5.41) is 14.2. The number of non-ortho nitro benzene ring substituents is 1. The third-order valence-electron chi connectivity index (χ3n) is 5.93. The molecule has 159 valence electrons. The molecular formula is C22H26N2O5P. The van der Waals surface area contributed by atoms with Crippen molar-refractivity contribution in [1.29, 1.82) is 0 Å². The number of nitrogens with zero attached hydrogens (tertiary/aromatic N) is 1. The summed E-state index contributed by atoms with van der Waals surface area (Å²) < 4.78 is 25.6. The molecule has 7 nitrogen and oxygen atoms in total. The first kappa shape index (κ1) is 20.9. The summed E-state index contributed by atoms with van der Waals surface area (Å²) in [6, 6.07) is 14.5. The van der Waals surface area contributed by atoms with E-state index in [-0.39, 0.29) is 17.0 Å². The van der Waals surface area contributed by atoms with Crippen molar-refractivity contribution in [3.63, 3.8) is 0 Å². The van der Waals surface area contributed by atoms with E-state index in [1.807, 2.05) is 6.07 Å². The number of nitro benzene ring substituents is 1. The number of hydrogen-bond acceptors (Lipinski definition) is 5. The summed E-state index contributed by atoms with van der Waals surface area (Å²) in [5.41, 5.74) is -0.381. The van der Waals surface area contributed by atoms with Crippen LogP contribution in [0.5, 0.6) is 11.5 Å². The molecule has 0 heterocycles. The summed E-state index contributed by atoms with van der Waals surface area (Å²) in [7, 11) is -3.80. The fraction of sp³-hybridized carbons (Fsp3) is 0.409. The van der Waals surface area contributed by atoms with Gasteiger partial charge in [-0.3, -0.25) is 10.1 Å². The van der Waals surface area contributed by atoms with E-state index < -0.39 is 12.7 Å². The van der Waals surface area contributed by atoms with Crippen molar-refractivity contribution in [3.8, 4) is 11.5 Å². The van der Waals surface area contributed by atoms with Crippen molar-refractivity contribution in [2.45, 2.75) is 56.9 Å². The zero-order valence-corrected chi connectivity index (χ0v) is 17.7. The number of para-hydroxylation sites is 1. The van der Waals surface area contributed by atoms with E-state index in [2.05, 4.69) is 5.09 Å². The van der Waals surface area contributed by atoms with Crippen LogP contribution >= 0.6 is 7.75 Å². The van der Waals surface area contributed by atoms with Crippen molar-refractivity contribution in [2.24, 2.45) is 0 Å². The number of nitrogens with one attached hydrogen (secondary N) is 1. The molecule has 2 fully saturated rings. The van der Waals surface area contributed by atoms with Gasteiger partial charge in [-0.1, -0.05) is 37.5 Å². The lowest BCUT2D eigenvalue weighted by Crippen LogP contribution is -2.55. The average molecular weight is 429 g/mol. The maximum absolute atomic E-state index is 13.9.